The number of hydrogen-bond acceptors (Lipinski definition) is 2. The lowest BCUT2D eigenvalue weighted by Crippen LogP contribution is -1.94. The molecule has 0 bridgehead atoms. The molecule has 1 fully saturated rings. The molecule has 4 heteroatoms. The lowest BCUT2D eigenvalue weighted by Gasteiger charge is -2.04. The van der Waals surface area contributed by atoms with Crippen LogP contribution < -0.4 is 0 Å². The number of nitrogens with zero attached hydrogens (tertiary/aromatic N) is 1. The molecule has 1 N–H and O–H groups in total. The average molecular weight is 423 g/mol. The van der Waals surface area contributed by atoms with Crippen molar-refractivity contribution >= 4 is 37.4 Å². The Labute approximate surface area is 165 Å². The van der Waals surface area contributed by atoms with Gasteiger partial charge in [-0.1, -0.05) is 59.1 Å². The number of hydrogen-bond donors (Lipinski definition) is 1. The summed E-state index contributed by atoms with van der Waals surface area (Å²) < 4.78 is 2.44. The standard InChI is InChI=1S/C22H19BrN2S/c23-18-10-9-17-11-20(26-21(17)12-18)15-7-5-14(6-8-15)19-13-24-22(25-19)16-3-1-2-4-16/h5-13,16H,1-4H2,(H,24,25). The number of fused-ring (bicyclic) bond motifs is 1. The second-order valence-corrected chi connectivity index (χ2v) is 9.03. The number of aromatic nitrogens is 2. The van der Waals surface area contributed by atoms with E-state index in [1.807, 2.05) is 17.5 Å². The van der Waals surface area contributed by atoms with Gasteiger partial charge in [-0.2, -0.15) is 0 Å². The van der Waals surface area contributed by atoms with Crippen LogP contribution in [0.1, 0.15) is 37.4 Å². The average Bonchev–Trinajstić information content (AvgIpc) is 3.40. The first kappa shape index (κ1) is 16.3. The number of benzene rings is 2. The zero-order chi connectivity index (χ0) is 17.5. The van der Waals surface area contributed by atoms with E-state index < -0.39 is 0 Å². The summed E-state index contributed by atoms with van der Waals surface area (Å²) in [6.07, 6.45) is 7.20. The van der Waals surface area contributed by atoms with Crippen molar-refractivity contribution in [1.29, 1.82) is 0 Å². The molecule has 2 aromatic carbocycles. The molecule has 2 aromatic heterocycles. The number of aromatic amines is 1. The molecule has 1 aliphatic carbocycles. The number of imidazole rings is 1. The van der Waals surface area contributed by atoms with Crippen LogP contribution in [-0.2, 0) is 0 Å². The number of H-pyrrole nitrogens is 1. The maximum atomic E-state index is 4.63. The van der Waals surface area contributed by atoms with Crippen LogP contribution >= 0.6 is 27.3 Å². The fraction of sp³-hybridized carbons (Fsp3) is 0.227. The van der Waals surface area contributed by atoms with Gasteiger partial charge in [-0.3, -0.25) is 0 Å². The summed E-state index contributed by atoms with van der Waals surface area (Å²) in [5.41, 5.74) is 3.59. The topological polar surface area (TPSA) is 28.7 Å². The zero-order valence-electron chi connectivity index (χ0n) is 14.3. The highest BCUT2D eigenvalue weighted by Crippen LogP contribution is 2.36. The van der Waals surface area contributed by atoms with Gasteiger partial charge in [0.1, 0.15) is 5.82 Å². The van der Waals surface area contributed by atoms with E-state index in [1.165, 1.54) is 51.8 Å². The second kappa shape index (κ2) is 6.67. The van der Waals surface area contributed by atoms with Crippen LogP contribution in [-0.4, -0.2) is 9.97 Å². The van der Waals surface area contributed by atoms with Gasteiger partial charge in [-0.05, 0) is 47.6 Å². The zero-order valence-corrected chi connectivity index (χ0v) is 16.7. The highest BCUT2D eigenvalue weighted by Gasteiger charge is 2.20. The van der Waals surface area contributed by atoms with Crippen molar-refractivity contribution < 1.29 is 0 Å². The quantitative estimate of drug-likeness (QED) is 0.366. The molecule has 130 valence electrons. The summed E-state index contributed by atoms with van der Waals surface area (Å²) in [7, 11) is 0. The van der Waals surface area contributed by atoms with Crippen LogP contribution in [0.5, 0.6) is 0 Å². The molecule has 0 spiro atoms. The predicted octanol–water partition coefficient (Wildman–Crippen LogP) is 7.38. The SMILES string of the molecule is Brc1ccc2cc(-c3ccc(-c4cnc(C5CCCC5)[nH]4)cc3)sc2c1. The molecule has 0 atom stereocenters. The van der Waals surface area contributed by atoms with Gasteiger partial charge < -0.3 is 4.98 Å². The molecule has 0 amide bonds. The number of halogens is 1. The molecule has 4 aromatic rings. The summed E-state index contributed by atoms with van der Waals surface area (Å²) in [5, 5.41) is 1.30. The van der Waals surface area contributed by atoms with Crippen molar-refractivity contribution in [2.24, 2.45) is 0 Å². The first-order valence-electron chi connectivity index (χ1n) is 9.11. The fourth-order valence-electron chi connectivity index (χ4n) is 3.85. The van der Waals surface area contributed by atoms with E-state index >= 15 is 0 Å². The molecule has 2 nitrogen and oxygen atoms in total. The van der Waals surface area contributed by atoms with Gasteiger partial charge in [-0.15, -0.1) is 11.3 Å². The summed E-state index contributed by atoms with van der Waals surface area (Å²) >= 11 is 5.39. The minimum atomic E-state index is 0.626. The third kappa shape index (κ3) is 3.01. The number of rotatable bonds is 3. The highest BCUT2D eigenvalue weighted by molar-refractivity contribution is 9.10. The Morgan fingerprint density at radius 1 is 0.962 bits per heavy atom. The van der Waals surface area contributed by atoms with Crippen molar-refractivity contribution in [3.63, 3.8) is 0 Å². The summed E-state index contributed by atoms with van der Waals surface area (Å²) in [6, 6.07) is 17.5. The Balaban J connectivity index is 1.42. The van der Waals surface area contributed by atoms with Gasteiger partial charge in [-0.25, -0.2) is 4.98 Å². The first-order chi connectivity index (χ1) is 12.8. The van der Waals surface area contributed by atoms with Crippen molar-refractivity contribution in [3.8, 4) is 21.7 Å². The van der Waals surface area contributed by atoms with E-state index in [0.717, 1.165) is 16.0 Å². The maximum Gasteiger partial charge on any atom is 0.109 e. The number of nitrogens with one attached hydrogen (secondary N) is 1. The Morgan fingerprint density at radius 2 is 1.73 bits per heavy atom. The van der Waals surface area contributed by atoms with E-state index in [2.05, 4.69) is 74.4 Å². The van der Waals surface area contributed by atoms with E-state index in [9.17, 15) is 0 Å². The van der Waals surface area contributed by atoms with Crippen molar-refractivity contribution in [2.45, 2.75) is 31.6 Å². The van der Waals surface area contributed by atoms with Crippen LogP contribution in [0.15, 0.2) is 59.2 Å². The molecule has 1 aliphatic rings. The maximum absolute atomic E-state index is 4.63. The van der Waals surface area contributed by atoms with Crippen molar-refractivity contribution in [1.82, 2.24) is 9.97 Å². The van der Waals surface area contributed by atoms with Gasteiger partial charge in [0.2, 0.25) is 0 Å². The van der Waals surface area contributed by atoms with Crippen LogP contribution in [0.25, 0.3) is 31.8 Å². The third-order valence-corrected chi connectivity index (χ3v) is 6.94. The second-order valence-electron chi connectivity index (χ2n) is 7.03. The molecule has 1 saturated carbocycles. The van der Waals surface area contributed by atoms with E-state index in [-0.39, 0.29) is 0 Å². The molecule has 0 unspecified atom stereocenters. The molecule has 0 aliphatic heterocycles. The fourth-order valence-corrected chi connectivity index (χ4v) is 5.47. The smallest absolute Gasteiger partial charge is 0.109 e. The van der Waals surface area contributed by atoms with Gasteiger partial charge >= 0.3 is 0 Å². The van der Waals surface area contributed by atoms with Gasteiger partial charge in [0.15, 0.2) is 0 Å². The van der Waals surface area contributed by atoms with Crippen LogP contribution in [0.3, 0.4) is 0 Å². The Kier molecular flexibility index (Phi) is 4.18. The Morgan fingerprint density at radius 3 is 2.54 bits per heavy atom. The molecule has 2 heterocycles. The van der Waals surface area contributed by atoms with Gasteiger partial charge in [0.25, 0.3) is 0 Å². The highest BCUT2D eigenvalue weighted by atomic mass is 79.9. The van der Waals surface area contributed by atoms with Crippen LogP contribution in [0.4, 0.5) is 0 Å². The van der Waals surface area contributed by atoms with Crippen molar-refractivity contribution in [3.05, 3.63) is 65.0 Å². The monoisotopic (exact) mass is 422 g/mol. The Hall–Kier alpha value is -1.91. The predicted molar refractivity (Wildman–Crippen MR) is 114 cm³/mol. The van der Waals surface area contributed by atoms with E-state index in [0.29, 0.717) is 5.92 Å². The largest absolute Gasteiger partial charge is 0.342 e. The van der Waals surface area contributed by atoms with Gasteiger partial charge in [0, 0.05) is 20.0 Å². The molecule has 0 radical (unpaired) electrons. The van der Waals surface area contributed by atoms with Gasteiger partial charge in [0.05, 0.1) is 11.9 Å². The minimum absolute atomic E-state index is 0.626. The summed E-state index contributed by atoms with van der Waals surface area (Å²) in [5.74, 6) is 1.79. The molecule has 26 heavy (non-hydrogen) atoms. The Bertz CT molecular complexity index is 1060. The molecular weight excluding hydrogens is 404 g/mol. The molecular formula is C22H19BrN2S. The first-order valence-corrected chi connectivity index (χ1v) is 10.7. The van der Waals surface area contributed by atoms with Crippen LogP contribution in [0.2, 0.25) is 0 Å². The van der Waals surface area contributed by atoms with E-state index in [4.69, 9.17) is 0 Å². The summed E-state index contributed by atoms with van der Waals surface area (Å²) in [6.45, 7) is 0. The summed E-state index contributed by atoms with van der Waals surface area (Å²) in [4.78, 5) is 9.49. The normalized spacial score (nSPS) is 15.1. The lowest BCUT2D eigenvalue weighted by atomic mass is 10.1. The number of thiophene rings is 1. The minimum Gasteiger partial charge on any atom is -0.342 e. The molecule has 5 rings (SSSR count). The van der Waals surface area contributed by atoms with E-state index in [1.54, 1.807) is 0 Å². The van der Waals surface area contributed by atoms with Crippen LogP contribution in [0, 0.1) is 0 Å². The molecule has 0 saturated heterocycles. The van der Waals surface area contributed by atoms with Crippen molar-refractivity contribution in [2.75, 3.05) is 0 Å². The lowest BCUT2D eigenvalue weighted by molar-refractivity contribution is 0.679. The third-order valence-electron chi connectivity index (χ3n) is 5.30.